The predicted molar refractivity (Wildman–Crippen MR) is 71.7 cm³/mol. The number of benzene rings is 1. The summed E-state index contributed by atoms with van der Waals surface area (Å²) in [6.45, 7) is 3.53. The molecule has 0 aliphatic carbocycles. The molecule has 7 heteroatoms. The highest BCUT2D eigenvalue weighted by atomic mass is 35.5. The molecule has 0 saturated carbocycles. The molecule has 0 saturated heterocycles. The number of aryl methyl sites for hydroxylation is 1. The van der Waals surface area contributed by atoms with Gasteiger partial charge in [0.1, 0.15) is 23.0 Å². The van der Waals surface area contributed by atoms with Crippen molar-refractivity contribution in [3.63, 3.8) is 0 Å². The second-order valence-electron chi connectivity index (χ2n) is 4.32. The summed E-state index contributed by atoms with van der Waals surface area (Å²) in [6.07, 6.45) is 1.36. The van der Waals surface area contributed by atoms with E-state index in [0.717, 1.165) is 0 Å². The van der Waals surface area contributed by atoms with Gasteiger partial charge in [-0.25, -0.2) is 4.39 Å². The molecule has 2 aromatic heterocycles. The van der Waals surface area contributed by atoms with E-state index in [2.05, 4.69) is 15.1 Å². The molecule has 0 atom stereocenters. The molecule has 3 aromatic rings. The van der Waals surface area contributed by atoms with Gasteiger partial charge in [-0.05, 0) is 37.6 Å². The number of hydrogen-bond acceptors (Lipinski definition) is 4. The van der Waals surface area contributed by atoms with Crippen molar-refractivity contribution >= 4 is 17.4 Å². The van der Waals surface area contributed by atoms with Crippen LogP contribution in [0, 0.1) is 19.7 Å². The SMILES string of the molecule is Cc1cc(F)ccc1Oc1c(C)c(Cl)nc2ncnn12. The van der Waals surface area contributed by atoms with Crippen molar-refractivity contribution in [3.05, 3.63) is 46.6 Å². The van der Waals surface area contributed by atoms with Gasteiger partial charge in [-0.3, -0.25) is 0 Å². The Bertz CT molecular complexity index is 802. The number of ether oxygens (including phenoxy) is 1. The summed E-state index contributed by atoms with van der Waals surface area (Å²) in [5, 5.41) is 4.34. The van der Waals surface area contributed by atoms with Crippen LogP contribution in [0.5, 0.6) is 11.6 Å². The van der Waals surface area contributed by atoms with Gasteiger partial charge in [-0.15, -0.1) is 0 Å². The number of hydrogen-bond donors (Lipinski definition) is 0. The van der Waals surface area contributed by atoms with E-state index in [0.29, 0.717) is 33.7 Å². The molecule has 0 aliphatic heterocycles. The number of nitrogens with zero attached hydrogens (tertiary/aromatic N) is 4. The Balaban J connectivity index is 2.14. The Morgan fingerprint density at radius 2 is 2.10 bits per heavy atom. The van der Waals surface area contributed by atoms with E-state index in [9.17, 15) is 4.39 Å². The summed E-state index contributed by atoms with van der Waals surface area (Å²) in [7, 11) is 0. The molecule has 0 aliphatic rings. The van der Waals surface area contributed by atoms with E-state index < -0.39 is 0 Å². The van der Waals surface area contributed by atoms with Gasteiger partial charge in [-0.2, -0.15) is 19.6 Å². The van der Waals surface area contributed by atoms with Gasteiger partial charge < -0.3 is 4.74 Å². The third-order valence-corrected chi connectivity index (χ3v) is 3.26. The Hall–Kier alpha value is -2.21. The van der Waals surface area contributed by atoms with Crippen LogP contribution in [0.2, 0.25) is 5.15 Å². The molecule has 102 valence electrons. The van der Waals surface area contributed by atoms with Crippen LogP contribution in [0.25, 0.3) is 5.78 Å². The minimum absolute atomic E-state index is 0.292. The van der Waals surface area contributed by atoms with Crippen LogP contribution in [0.4, 0.5) is 4.39 Å². The van der Waals surface area contributed by atoms with E-state index in [1.165, 1.54) is 23.0 Å². The van der Waals surface area contributed by atoms with E-state index >= 15 is 0 Å². The number of fused-ring (bicyclic) bond motifs is 1. The molecule has 2 heterocycles. The third-order valence-electron chi connectivity index (χ3n) is 2.89. The molecule has 0 bridgehead atoms. The molecule has 0 spiro atoms. The van der Waals surface area contributed by atoms with E-state index in [1.807, 2.05) is 0 Å². The van der Waals surface area contributed by atoms with Gasteiger partial charge in [0.2, 0.25) is 5.88 Å². The van der Waals surface area contributed by atoms with Gasteiger partial charge in [0, 0.05) is 5.56 Å². The smallest absolute Gasteiger partial charge is 0.256 e. The summed E-state index contributed by atoms with van der Waals surface area (Å²) < 4.78 is 20.4. The normalized spacial score (nSPS) is 11.0. The van der Waals surface area contributed by atoms with Crippen LogP contribution in [-0.4, -0.2) is 19.6 Å². The third kappa shape index (κ3) is 2.08. The highest BCUT2D eigenvalue weighted by Gasteiger charge is 2.15. The van der Waals surface area contributed by atoms with Gasteiger partial charge in [-0.1, -0.05) is 11.6 Å². The van der Waals surface area contributed by atoms with Crippen molar-refractivity contribution in [1.82, 2.24) is 19.6 Å². The lowest BCUT2D eigenvalue weighted by molar-refractivity contribution is 0.437. The Morgan fingerprint density at radius 3 is 2.85 bits per heavy atom. The van der Waals surface area contributed by atoms with Crippen LogP contribution in [-0.2, 0) is 0 Å². The number of rotatable bonds is 2. The Kier molecular flexibility index (Phi) is 3.02. The van der Waals surface area contributed by atoms with Crippen molar-refractivity contribution in [2.45, 2.75) is 13.8 Å². The van der Waals surface area contributed by atoms with Gasteiger partial charge in [0.25, 0.3) is 5.78 Å². The lowest BCUT2D eigenvalue weighted by Crippen LogP contribution is -2.02. The van der Waals surface area contributed by atoms with Crippen LogP contribution >= 0.6 is 11.6 Å². The molecule has 5 nitrogen and oxygen atoms in total. The molecular weight excluding hydrogens is 283 g/mol. The zero-order valence-corrected chi connectivity index (χ0v) is 11.5. The summed E-state index contributed by atoms with van der Waals surface area (Å²) >= 11 is 6.05. The largest absolute Gasteiger partial charge is 0.438 e. The van der Waals surface area contributed by atoms with Gasteiger partial charge in [0.15, 0.2) is 0 Å². The Labute approximate surface area is 119 Å². The first-order valence-corrected chi connectivity index (χ1v) is 6.24. The minimum atomic E-state index is -0.315. The first-order chi connectivity index (χ1) is 9.56. The maximum absolute atomic E-state index is 13.1. The predicted octanol–water partition coefficient (Wildman–Crippen LogP) is 3.33. The quantitative estimate of drug-likeness (QED) is 0.680. The summed E-state index contributed by atoms with van der Waals surface area (Å²) in [5.41, 5.74) is 1.30. The fourth-order valence-electron chi connectivity index (χ4n) is 1.82. The molecule has 0 unspecified atom stereocenters. The van der Waals surface area contributed by atoms with E-state index in [4.69, 9.17) is 16.3 Å². The van der Waals surface area contributed by atoms with E-state index in [-0.39, 0.29) is 5.82 Å². The molecule has 0 N–H and O–H groups in total. The van der Waals surface area contributed by atoms with Crippen LogP contribution < -0.4 is 4.74 Å². The molecule has 0 radical (unpaired) electrons. The van der Waals surface area contributed by atoms with Crippen molar-refractivity contribution in [1.29, 1.82) is 0 Å². The van der Waals surface area contributed by atoms with Crippen molar-refractivity contribution in [3.8, 4) is 11.6 Å². The maximum Gasteiger partial charge on any atom is 0.256 e. The molecular formula is C13H10ClFN4O. The van der Waals surface area contributed by atoms with Crippen molar-refractivity contribution in [2.24, 2.45) is 0 Å². The molecule has 3 rings (SSSR count). The molecule has 20 heavy (non-hydrogen) atoms. The zero-order chi connectivity index (χ0) is 14.3. The topological polar surface area (TPSA) is 52.3 Å². The maximum atomic E-state index is 13.1. The summed E-state index contributed by atoms with van der Waals surface area (Å²) in [6, 6.07) is 4.28. The van der Waals surface area contributed by atoms with Crippen molar-refractivity contribution in [2.75, 3.05) is 0 Å². The second-order valence-corrected chi connectivity index (χ2v) is 4.67. The lowest BCUT2D eigenvalue weighted by Gasteiger charge is -2.12. The van der Waals surface area contributed by atoms with E-state index in [1.54, 1.807) is 19.9 Å². The van der Waals surface area contributed by atoms with Crippen LogP contribution in [0.15, 0.2) is 24.5 Å². The highest BCUT2D eigenvalue weighted by Crippen LogP contribution is 2.30. The molecule has 0 fully saturated rings. The van der Waals surface area contributed by atoms with Gasteiger partial charge >= 0.3 is 0 Å². The Morgan fingerprint density at radius 1 is 1.30 bits per heavy atom. The summed E-state index contributed by atoms with van der Waals surface area (Å²) in [5.74, 6) is 0.960. The first-order valence-electron chi connectivity index (χ1n) is 5.86. The van der Waals surface area contributed by atoms with Crippen molar-refractivity contribution < 1.29 is 9.13 Å². The lowest BCUT2D eigenvalue weighted by atomic mass is 10.2. The first kappa shape index (κ1) is 12.8. The fourth-order valence-corrected chi connectivity index (χ4v) is 1.98. The highest BCUT2D eigenvalue weighted by molar-refractivity contribution is 6.30. The minimum Gasteiger partial charge on any atom is -0.438 e. The fraction of sp³-hybridized carbons (Fsp3) is 0.154. The standard InChI is InChI=1S/C13H10ClFN4O/c1-7-5-9(15)3-4-10(7)20-12-8(2)11(14)18-13-16-6-17-19(12)13/h3-6H,1-2H3. The average Bonchev–Trinajstić information content (AvgIpc) is 2.85. The number of halogens is 2. The van der Waals surface area contributed by atoms with Gasteiger partial charge in [0.05, 0.1) is 0 Å². The monoisotopic (exact) mass is 292 g/mol. The van der Waals surface area contributed by atoms with Crippen LogP contribution in [0.3, 0.4) is 0 Å². The second kappa shape index (κ2) is 4.72. The molecule has 0 amide bonds. The zero-order valence-electron chi connectivity index (χ0n) is 10.8. The van der Waals surface area contributed by atoms with Crippen LogP contribution in [0.1, 0.15) is 11.1 Å². The molecule has 1 aromatic carbocycles. The number of aromatic nitrogens is 4. The summed E-state index contributed by atoms with van der Waals surface area (Å²) in [4.78, 5) is 8.06. The average molecular weight is 293 g/mol.